The third kappa shape index (κ3) is 3.54. The first-order valence-electron chi connectivity index (χ1n) is 8.65. The Bertz CT molecular complexity index is 511. The number of hydrogen-bond donors (Lipinski definition) is 2. The average Bonchev–Trinajstić information content (AvgIpc) is 3.04. The molecule has 1 aromatic rings. The highest BCUT2D eigenvalue weighted by Crippen LogP contribution is 2.29. The van der Waals surface area contributed by atoms with Crippen molar-refractivity contribution in [1.29, 1.82) is 0 Å². The first-order valence-corrected chi connectivity index (χ1v) is 8.65. The molecule has 22 heavy (non-hydrogen) atoms. The number of nitrogens with zero attached hydrogens (tertiary/aromatic N) is 1. The molecule has 0 radical (unpaired) electrons. The Hall–Kier alpha value is -1.71. The van der Waals surface area contributed by atoms with E-state index in [-0.39, 0.29) is 6.03 Å². The van der Waals surface area contributed by atoms with Crippen LogP contribution in [0.15, 0.2) is 24.3 Å². The molecule has 3 rings (SSSR count). The number of carbonyl (C=O) groups excluding carboxylic acids is 1. The number of benzene rings is 1. The van der Waals surface area contributed by atoms with Gasteiger partial charge >= 0.3 is 6.03 Å². The number of nitrogens with one attached hydrogen (secondary N) is 2. The monoisotopic (exact) mass is 301 g/mol. The number of anilines is 2. The molecule has 120 valence electrons. The number of hydrogen-bond acceptors (Lipinski definition) is 2. The summed E-state index contributed by atoms with van der Waals surface area (Å²) in [5.41, 5.74) is 2.07. The largest absolute Gasteiger partial charge is 0.370 e. The van der Waals surface area contributed by atoms with Crippen LogP contribution in [0.4, 0.5) is 16.2 Å². The summed E-state index contributed by atoms with van der Waals surface area (Å²) in [6, 6.07) is 8.37. The van der Waals surface area contributed by atoms with Crippen molar-refractivity contribution >= 4 is 17.4 Å². The molecule has 0 bridgehead atoms. The van der Waals surface area contributed by atoms with E-state index in [9.17, 15) is 4.79 Å². The maximum absolute atomic E-state index is 12.4. The van der Waals surface area contributed by atoms with E-state index in [0.29, 0.717) is 12.0 Å². The summed E-state index contributed by atoms with van der Waals surface area (Å²) in [4.78, 5) is 14.7. The molecule has 2 amide bonds. The summed E-state index contributed by atoms with van der Waals surface area (Å²) in [6.07, 6.45) is 7.30. The summed E-state index contributed by atoms with van der Waals surface area (Å²) in [7, 11) is 0. The molecule has 1 aliphatic heterocycles. The van der Waals surface area contributed by atoms with Gasteiger partial charge in [-0.05, 0) is 43.7 Å². The first kappa shape index (κ1) is 15.2. The zero-order valence-electron chi connectivity index (χ0n) is 13.5. The molecule has 2 aliphatic rings. The molecule has 1 saturated carbocycles. The van der Waals surface area contributed by atoms with Gasteiger partial charge in [-0.15, -0.1) is 0 Å². The third-order valence-corrected chi connectivity index (χ3v) is 5.03. The van der Waals surface area contributed by atoms with Crippen LogP contribution in [0.2, 0.25) is 0 Å². The van der Waals surface area contributed by atoms with Crippen LogP contribution in [0.25, 0.3) is 0 Å². The zero-order chi connectivity index (χ0) is 15.4. The summed E-state index contributed by atoms with van der Waals surface area (Å²) in [6.45, 7) is 4.40. The van der Waals surface area contributed by atoms with Gasteiger partial charge in [-0.25, -0.2) is 4.79 Å². The number of amides is 2. The molecule has 1 saturated heterocycles. The predicted octanol–water partition coefficient (Wildman–Crippen LogP) is 3.99. The maximum Gasteiger partial charge on any atom is 0.319 e. The van der Waals surface area contributed by atoms with Crippen molar-refractivity contribution in [2.45, 2.75) is 51.5 Å². The molecule has 1 aromatic carbocycles. The van der Waals surface area contributed by atoms with Crippen LogP contribution in [0.5, 0.6) is 0 Å². The van der Waals surface area contributed by atoms with Crippen molar-refractivity contribution in [3.8, 4) is 0 Å². The molecule has 4 heteroatoms. The summed E-state index contributed by atoms with van der Waals surface area (Å²) >= 11 is 0. The molecule has 2 atom stereocenters. The topological polar surface area (TPSA) is 44.4 Å². The highest BCUT2D eigenvalue weighted by Gasteiger charge is 2.23. The van der Waals surface area contributed by atoms with E-state index in [4.69, 9.17) is 0 Å². The Labute approximate surface area is 133 Å². The SMILES string of the molecule is CC1CCCCC1NC(=O)Nc1ccccc1N1CCCC1. The molecule has 2 unspecified atom stereocenters. The van der Waals surface area contributed by atoms with E-state index in [2.05, 4.69) is 28.5 Å². The van der Waals surface area contributed by atoms with E-state index in [0.717, 1.165) is 30.9 Å². The van der Waals surface area contributed by atoms with Gasteiger partial charge in [0.15, 0.2) is 0 Å². The average molecular weight is 301 g/mol. The normalized spacial score (nSPS) is 25.0. The number of para-hydroxylation sites is 2. The van der Waals surface area contributed by atoms with Gasteiger partial charge < -0.3 is 15.5 Å². The molecule has 4 nitrogen and oxygen atoms in total. The number of rotatable bonds is 3. The highest BCUT2D eigenvalue weighted by atomic mass is 16.2. The summed E-state index contributed by atoms with van der Waals surface area (Å²) in [5, 5.41) is 6.23. The van der Waals surface area contributed by atoms with Crippen LogP contribution in [-0.2, 0) is 0 Å². The van der Waals surface area contributed by atoms with Crippen molar-refractivity contribution in [3.63, 3.8) is 0 Å². The van der Waals surface area contributed by atoms with E-state index >= 15 is 0 Å². The van der Waals surface area contributed by atoms with Gasteiger partial charge in [-0.3, -0.25) is 0 Å². The Morgan fingerprint density at radius 2 is 1.82 bits per heavy atom. The first-order chi connectivity index (χ1) is 10.7. The van der Waals surface area contributed by atoms with Gasteiger partial charge in [0.25, 0.3) is 0 Å². The van der Waals surface area contributed by atoms with E-state index in [1.165, 1.54) is 32.1 Å². The van der Waals surface area contributed by atoms with Crippen molar-refractivity contribution in [1.82, 2.24) is 5.32 Å². The van der Waals surface area contributed by atoms with Crippen molar-refractivity contribution < 1.29 is 4.79 Å². The highest BCUT2D eigenvalue weighted by molar-refractivity contribution is 5.93. The van der Waals surface area contributed by atoms with Gasteiger partial charge in [-0.2, -0.15) is 0 Å². The lowest BCUT2D eigenvalue weighted by Gasteiger charge is -2.30. The van der Waals surface area contributed by atoms with E-state index in [1.807, 2.05) is 18.2 Å². The molecule has 0 spiro atoms. The number of carbonyl (C=O) groups is 1. The molecule has 2 fully saturated rings. The van der Waals surface area contributed by atoms with Crippen LogP contribution in [0.1, 0.15) is 45.4 Å². The lowest BCUT2D eigenvalue weighted by Crippen LogP contribution is -2.43. The second-order valence-corrected chi connectivity index (χ2v) is 6.68. The fraction of sp³-hybridized carbons (Fsp3) is 0.611. The molecule has 0 aromatic heterocycles. The molecule has 2 N–H and O–H groups in total. The minimum Gasteiger partial charge on any atom is -0.370 e. The Morgan fingerprint density at radius 1 is 1.09 bits per heavy atom. The molecular formula is C18H27N3O. The van der Waals surface area contributed by atoms with Crippen molar-refractivity contribution in [2.24, 2.45) is 5.92 Å². The second kappa shape index (κ2) is 7.03. The predicted molar refractivity (Wildman–Crippen MR) is 91.5 cm³/mol. The van der Waals surface area contributed by atoms with Crippen LogP contribution in [-0.4, -0.2) is 25.2 Å². The van der Waals surface area contributed by atoms with Crippen LogP contribution in [0, 0.1) is 5.92 Å². The third-order valence-electron chi connectivity index (χ3n) is 5.03. The number of urea groups is 1. The zero-order valence-corrected chi connectivity index (χ0v) is 13.5. The van der Waals surface area contributed by atoms with Crippen molar-refractivity contribution in [2.75, 3.05) is 23.3 Å². The molecule has 1 aliphatic carbocycles. The fourth-order valence-electron chi connectivity index (χ4n) is 3.67. The van der Waals surface area contributed by atoms with Gasteiger partial charge in [0.05, 0.1) is 11.4 Å². The molecular weight excluding hydrogens is 274 g/mol. The Balaban J connectivity index is 1.63. The fourth-order valence-corrected chi connectivity index (χ4v) is 3.67. The smallest absolute Gasteiger partial charge is 0.319 e. The lowest BCUT2D eigenvalue weighted by molar-refractivity contribution is 0.232. The van der Waals surface area contributed by atoms with Gasteiger partial charge in [0, 0.05) is 19.1 Å². The quantitative estimate of drug-likeness (QED) is 0.886. The minimum atomic E-state index is -0.0644. The van der Waals surface area contributed by atoms with Crippen LogP contribution >= 0.6 is 0 Å². The van der Waals surface area contributed by atoms with Gasteiger partial charge in [-0.1, -0.05) is 31.9 Å². The Morgan fingerprint density at radius 3 is 2.59 bits per heavy atom. The maximum atomic E-state index is 12.4. The minimum absolute atomic E-state index is 0.0644. The van der Waals surface area contributed by atoms with Gasteiger partial charge in [0.1, 0.15) is 0 Å². The van der Waals surface area contributed by atoms with E-state index in [1.54, 1.807) is 0 Å². The van der Waals surface area contributed by atoms with Crippen LogP contribution in [0.3, 0.4) is 0 Å². The van der Waals surface area contributed by atoms with E-state index < -0.39 is 0 Å². The van der Waals surface area contributed by atoms with Gasteiger partial charge in [0.2, 0.25) is 0 Å². The molecule has 1 heterocycles. The van der Waals surface area contributed by atoms with Crippen LogP contribution < -0.4 is 15.5 Å². The Kier molecular flexibility index (Phi) is 4.86. The lowest BCUT2D eigenvalue weighted by atomic mass is 9.86. The standard InChI is InChI=1S/C18H27N3O/c1-14-8-2-3-9-15(14)19-18(22)20-16-10-4-5-11-17(16)21-12-6-7-13-21/h4-5,10-11,14-15H,2-3,6-9,12-13H2,1H3,(H2,19,20,22). The summed E-state index contributed by atoms with van der Waals surface area (Å²) < 4.78 is 0. The second-order valence-electron chi connectivity index (χ2n) is 6.68. The summed E-state index contributed by atoms with van der Waals surface area (Å²) in [5.74, 6) is 0.577. The van der Waals surface area contributed by atoms with Crippen molar-refractivity contribution in [3.05, 3.63) is 24.3 Å².